The van der Waals surface area contributed by atoms with E-state index >= 15 is 0 Å². The van der Waals surface area contributed by atoms with Crippen LogP contribution in [0.4, 0.5) is 0 Å². The van der Waals surface area contributed by atoms with E-state index in [4.69, 9.17) is 10.8 Å². The number of carbonyl (C=O) groups is 2. The second kappa shape index (κ2) is 6.56. The van der Waals surface area contributed by atoms with E-state index in [0.717, 1.165) is 32.6 Å². The molecule has 0 spiro atoms. The van der Waals surface area contributed by atoms with Crippen molar-refractivity contribution < 1.29 is 14.7 Å². The quantitative estimate of drug-likeness (QED) is 0.660. The molecule has 0 bridgehead atoms. The van der Waals surface area contributed by atoms with Gasteiger partial charge in [-0.2, -0.15) is 0 Å². The van der Waals surface area contributed by atoms with E-state index in [1.54, 1.807) is 0 Å². The van der Waals surface area contributed by atoms with Crippen LogP contribution < -0.4 is 5.73 Å². The zero-order valence-electron chi connectivity index (χ0n) is 10.3. The number of rotatable bonds is 5. The van der Waals surface area contributed by atoms with E-state index in [9.17, 15) is 9.59 Å². The standard InChI is InChI=1S/C11H21N3O3/c1-9(11(12)17)7-13-3-2-4-14(6-5-13)8-10(15)16/h9H,2-8H2,1H3,(H2,12,17)(H,15,16). The lowest BCUT2D eigenvalue weighted by atomic mass is 10.1. The van der Waals surface area contributed by atoms with Gasteiger partial charge >= 0.3 is 5.97 Å². The number of hydrogen-bond donors (Lipinski definition) is 2. The maximum atomic E-state index is 11.0. The first-order chi connectivity index (χ1) is 7.99. The maximum absolute atomic E-state index is 11.0. The van der Waals surface area contributed by atoms with E-state index in [1.165, 1.54) is 0 Å². The summed E-state index contributed by atoms with van der Waals surface area (Å²) in [5.74, 6) is -1.22. The van der Waals surface area contributed by atoms with Crippen molar-refractivity contribution in [3.8, 4) is 0 Å². The molecule has 1 rings (SSSR count). The zero-order chi connectivity index (χ0) is 12.8. The molecule has 0 aliphatic carbocycles. The highest BCUT2D eigenvalue weighted by atomic mass is 16.4. The minimum absolute atomic E-state index is 0.0964. The molecular weight excluding hydrogens is 222 g/mol. The van der Waals surface area contributed by atoms with Crippen LogP contribution in [0, 0.1) is 5.92 Å². The van der Waals surface area contributed by atoms with Gasteiger partial charge in [0.1, 0.15) is 0 Å². The normalized spacial score (nSPS) is 20.8. The van der Waals surface area contributed by atoms with Crippen molar-refractivity contribution in [2.75, 3.05) is 39.3 Å². The number of aliphatic carboxylic acids is 1. The molecule has 0 saturated carbocycles. The molecule has 98 valence electrons. The topological polar surface area (TPSA) is 86.9 Å². The van der Waals surface area contributed by atoms with E-state index in [2.05, 4.69) is 4.90 Å². The van der Waals surface area contributed by atoms with Crippen molar-refractivity contribution in [1.82, 2.24) is 9.80 Å². The Morgan fingerprint density at radius 1 is 1.24 bits per heavy atom. The molecule has 6 nitrogen and oxygen atoms in total. The first-order valence-electron chi connectivity index (χ1n) is 5.95. The van der Waals surface area contributed by atoms with E-state index in [-0.39, 0.29) is 18.4 Å². The molecule has 1 unspecified atom stereocenters. The molecule has 3 N–H and O–H groups in total. The Labute approximate surface area is 101 Å². The molecule has 0 radical (unpaired) electrons. The summed E-state index contributed by atoms with van der Waals surface area (Å²) in [6, 6.07) is 0. The number of nitrogens with two attached hydrogens (primary N) is 1. The van der Waals surface area contributed by atoms with Crippen molar-refractivity contribution in [2.45, 2.75) is 13.3 Å². The molecule has 0 aromatic carbocycles. The highest BCUT2D eigenvalue weighted by Gasteiger charge is 2.19. The van der Waals surface area contributed by atoms with E-state index in [1.807, 2.05) is 11.8 Å². The minimum atomic E-state index is -0.788. The molecular formula is C11H21N3O3. The molecule has 1 saturated heterocycles. The fraction of sp³-hybridized carbons (Fsp3) is 0.818. The van der Waals surface area contributed by atoms with Gasteiger partial charge in [-0.05, 0) is 13.0 Å². The molecule has 1 amide bonds. The number of carbonyl (C=O) groups excluding carboxylic acids is 1. The second-order valence-corrected chi connectivity index (χ2v) is 4.63. The molecule has 1 fully saturated rings. The monoisotopic (exact) mass is 243 g/mol. The third-order valence-electron chi connectivity index (χ3n) is 3.06. The van der Waals surface area contributed by atoms with Crippen LogP contribution in [0.5, 0.6) is 0 Å². The molecule has 0 aromatic heterocycles. The van der Waals surface area contributed by atoms with Gasteiger partial charge in [-0.15, -0.1) is 0 Å². The van der Waals surface area contributed by atoms with Crippen molar-refractivity contribution in [2.24, 2.45) is 11.7 Å². The van der Waals surface area contributed by atoms with Crippen LogP contribution in [0.15, 0.2) is 0 Å². The smallest absolute Gasteiger partial charge is 0.317 e. The fourth-order valence-corrected chi connectivity index (χ4v) is 2.03. The summed E-state index contributed by atoms with van der Waals surface area (Å²) in [5.41, 5.74) is 5.23. The Balaban J connectivity index is 2.37. The highest BCUT2D eigenvalue weighted by Crippen LogP contribution is 2.06. The Hall–Kier alpha value is -1.14. The first-order valence-corrected chi connectivity index (χ1v) is 5.95. The molecule has 1 heterocycles. The van der Waals surface area contributed by atoms with E-state index < -0.39 is 5.97 Å². The summed E-state index contributed by atoms with van der Waals surface area (Å²) in [7, 11) is 0. The second-order valence-electron chi connectivity index (χ2n) is 4.63. The summed E-state index contributed by atoms with van der Waals surface area (Å²) < 4.78 is 0. The van der Waals surface area contributed by atoms with Gasteiger partial charge in [-0.1, -0.05) is 6.92 Å². The highest BCUT2D eigenvalue weighted by molar-refractivity contribution is 5.76. The Morgan fingerprint density at radius 3 is 2.41 bits per heavy atom. The molecule has 6 heteroatoms. The Kier molecular flexibility index (Phi) is 5.37. The maximum Gasteiger partial charge on any atom is 0.317 e. The van der Waals surface area contributed by atoms with Gasteiger partial charge < -0.3 is 15.7 Å². The number of primary amides is 1. The van der Waals surface area contributed by atoms with Gasteiger partial charge in [0, 0.05) is 32.1 Å². The predicted molar refractivity (Wildman–Crippen MR) is 63.5 cm³/mol. The largest absolute Gasteiger partial charge is 0.480 e. The van der Waals surface area contributed by atoms with Crippen molar-refractivity contribution in [1.29, 1.82) is 0 Å². The van der Waals surface area contributed by atoms with Gasteiger partial charge in [0.2, 0.25) is 5.91 Å². The van der Waals surface area contributed by atoms with Crippen LogP contribution in [-0.2, 0) is 9.59 Å². The van der Waals surface area contributed by atoms with Crippen LogP contribution in [0.1, 0.15) is 13.3 Å². The van der Waals surface area contributed by atoms with Crippen LogP contribution in [0.2, 0.25) is 0 Å². The van der Waals surface area contributed by atoms with E-state index in [0.29, 0.717) is 6.54 Å². The summed E-state index contributed by atoms with van der Waals surface area (Å²) in [6.07, 6.45) is 0.929. The van der Waals surface area contributed by atoms with Crippen molar-refractivity contribution >= 4 is 11.9 Å². The lowest BCUT2D eigenvalue weighted by Crippen LogP contribution is -2.38. The molecule has 1 aliphatic heterocycles. The molecule has 1 aliphatic rings. The Morgan fingerprint density at radius 2 is 1.82 bits per heavy atom. The summed E-state index contributed by atoms with van der Waals surface area (Å²) in [4.78, 5) is 25.7. The fourth-order valence-electron chi connectivity index (χ4n) is 2.03. The predicted octanol–water partition coefficient (Wildman–Crippen LogP) is -0.800. The van der Waals surface area contributed by atoms with Crippen LogP contribution >= 0.6 is 0 Å². The number of amides is 1. The van der Waals surface area contributed by atoms with Crippen LogP contribution in [0.3, 0.4) is 0 Å². The van der Waals surface area contributed by atoms with Gasteiger partial charge in [0.05, 0.1) is 6.54 Å². The van der Waals surface area contributed by atoms with Crippen molar-refractivity contribution in [3.05, 3.63) is 0 Å². The Bertz CT molecular complexity index is 283. The third kappa shape index (κ3) is 5.14. The van der Waals surface area contributed by atoms with Gasteiger partial charge in [-0.3, -0.25) is 14.5 Å². The number of carboxylic acids is 1. The zero-order valence-corrected chi connectivity index (χ0v) is 10.3. The number of carboxylic acid groups (broad SMARTS) is 1. The first kappa shape index (κ1) is 13.9. The number of hydrogen-bond acceptors (Lipinski definition) is 4. The third-order valence-corrected chi connectivity index (χ3v) is 3.06. The lowest BCUT2D eigenvalue weighted by Gasteiger charge is -2.22. The molecule has 17 heavy (non-hydrogen) atoms. The SMILES string of the molecule is CC(CN1CCCN(CC(=O)O)CC1)C(N)=O. The average molecular weight is 243 g/mol. The van der Waals surface area contributed by atoms with Crippen LogP contribution in [-0.4, -0.2) is 66.1 Å². The lowest BCUT2D eigenvalue weighted by molar-refractivity contribution is -0.138. The summed E-state index contributed by atoms with van der Waals surface area (Å²) >= 11 is 0. The van der Waals surface area contributed by atoms with Gasteiger partial charge in [0.25, 0.3) is 0 Å². The van der Waals surface area contributed by atoms with Crippen LogP contribution in [0.25, 0.3) is 0 Å². The van der Waals surface area contributed by atoms with Gasteiger partial charge in [-0.25, -0.2) is 0 Å². The van der Waals surface area contributed by atoms with Crippen molar-refractivity contribution in [3.63, 3.8) is 0 Å². The average Bonchev–Trinajstić information content (AvgIpc) is 2.43. The minimum Gasteiger partial charge on any atom is -0.480 e. The summed E-state index contributed by atoms with van der Waals surface area (Å²) in [5, 5.41) is 8.73. The van der Waals surface area contributed by atoms with Gasteiger partial charge in [0.15, 0.2) is 0 Å². The number of nitrogens with zero attached hydrogens (tertiary/aromatic N) is 2. The molecule has 1 atom stereocenters. The molecule has 0 aromatic rings. The summed E-state index contributed by atoms with van der Waals surface area (Å²) in [6.45, 7) is 5.81.